The lowest BCUT2D eigenvalue weighted by molar-refractivity contribution is -0.329. The Labute approximate surface area is 270 Å². The Morgan fingerprint density at radius 2 is 1.71 bits per heavy atom. The Balaban J connectivity index is 1.25. The van der Waals surface area contributed by atoms with Gasteiger partial charge in [0.2, 0.25) is 0 Å². The van der Waals surface area contributed by atoms with Crippen LogP contribution in [0.15, 0.2) is 23.8 Å². The summed E-state index contributed by atoms with van der Waals surface area (Å²) in [7, 11) is 1.84. The van der Waals surface area contributed by atoms with E-state index < -0.39 is 48.3 Å². The topological polar surface area (TPSA) is 118 Å². The van der Waals surface area contributed by atoms with Crippen molar-refractivity contribution in [3.05, 3.63) is 23.8 Å². The minimum absolute atomic E-state index is 0.0869. The maximum atomic E-state index is 10.7. The molecule has 2 aliphatic heterocycles. The first kappa shape index (κ1) is 34.0. The van der Waals surface area contributed by atoms with E-state index in [1.165, 1.54) is 31.3 Å². The summed E-state index contributed by atoms with van der Waals surface area (Å²) in [4.78, 5) is 0. The summed E-state index contributed by atoms with van der Waals surface area (Å²) >= 11 is 0. The molecule has 2 heterocycles. The zero-order valence-corrected chi connectivity index (χ0v) is 28.9. The zero-order valence-electron chi connectivity index (χ0n) is 28.9. The Bertz CT molecular complexity index is 1160. The molecule has 256 valence electrons. The van der Waals surface area contributed by atoms with Crippen molar-refractivity contribution in [3.8, 4) is 0 Å². The van der Waals surface area contributed by atoms with Crippen LogP contribution < -0.4 is 0 Å². The second-order valence-electron chi connectivity index (χ2n) is 17.0. The first-order valence-corrected chi connectivity index (χ1v) is 17.6. The Morgan fingerprint density at radius 1 is 0.978 bits per heavy atom. The third kappa shape index (κ3) is 4.74. The minimum Gasteiger partial charge on any atom is -0.394 e. The number of aliphatic hydroxyl groups is 4. The SMILES string of the molecule is CO[C@H](C=C(C)C)C[C@@H](C)[C@H]1CC[C@@]2(C)[C@@H]3C=C[C@@]45OC[C@]3(CC[C@]12C)[C@@H]4CC[C@H](O[C@@H]1O[C@H](CO)[C@@H](O)[C@@H](O)[C@H]1O)C5(C)C. The molecule has 6 rings (SSSR count). The molecule has 0 aromatic carbocycles. The summed E-state index contributed by atoms with van der Waals surface area (Å²) in [6.07, 6.45) is 8.34. The number of ether oxygens (including phenoxy) is 4. The van der Waals surface area contributed by atoms with E-state index in [0.29, 0.717) is 23.7 Å². The number of methoxy groups -OCH3 is 1. The fourth-order valence-corrected chi connectivity index (χ4v) is 11.9. The number of allylic oxidation sites excluding steroid dienone is 2. The molecule has 0 amide bonds. The summed E-state index contributed by atoms with van der Waals surface area (Å²) in [5.74, 6) is 2.06. The number of hydrogen-bond donors (Lipinski definition) is 4. The van der Waals surface area contributed by atoms with Gasteiger partial charge in [-0.05, 0) is 87.4 Å². The van der Waals surface area contributed by atoms with E-state index in [0.717, 1.165) is 25.9 Å². The first-order valence-electron chi connectivity index (χ1n) is 17.6. The molecule has 0 aromatic heterocycles. The summed E-state index contributed by atoms with van der Waals surface area (Å²) in [5, 5.41) is 41.1. The standard InChI is InChI=1S/C37H60O8/c1-21(2)17-23(42-8)18-22(3)24-11-13-35(7)26-12-14-37-27(36(26,20-43-37)16-15-34(24,35)6)9-10-28(33(37,4)5)45-32-31(41)30(40)29(39)25(19-38)44-32/h12,14,17,22-32,38-41H,9-11,13,15-16,18-20H2,1-8H3/t22-,23-,24-,25-,26+,27+,28+,29-,30-,31-,32+,34-,35+,36+,37-/m1/s1. The van der Waals surface area contributed by atoms with Gasteiger partial charge in [-0.2, -0.15) is 0 Å². The molecule has 8 heteroatoms. The van der Waals surface area contributed by atoms with Gasteiger partial charge in [-0.3, -0.25) is 0 Å². The van der Waals surface area contributed by atoms with Gasteiger partial charge in [0, 0.05) is 23.9 Å². The average Bonchev–Trinajstić information content (AvgIpc) is 3.39. The van der Waals surface area contributed by atoms with Crippen molar-refractivity contribution >= 4 is 0 Å². The lowest BCUT2D eigenvalue weighted by atomic mass is 9.38. The highest BCUT2D eigenvalue weighted by atomic mass is 16.7. The lowest BCUT2D eigenvalue weighted by Gasteiger charge is -2.65. The normalized spacial score (nSPS) is 51.2. The molecular formula is C37H60O8. The van der Waals surface area contributed by atoms with Gasteiger partial charge >= 0.3 is 0 Å². The molecule has 8 nitrogen and oxygen atoms in total. The van der Waals surface area contributed by atoms with Crippen molar-refractivity contribution in [3.63, 3.8) is 0 Å². The van der Waals surface area contributed by atoms with E-state index in [-0.39, 0.29) is 28.5 Å². The van der Waals surface area contributed by atoms with Gasteiger partial charge < -0.3 is 39.4 Å². The number of aliphatic hydroxyl groups excluding tert-OH is 4. The Kier molecular flexibility index (Phi) is 8.81. The molecule has 0 aromatic rings. The van der Waals surface area contributed by atoms with Gasteiger partial charge in [0.15, 0.2) is 6.29 Å². The molecule has 3 saturated carbocycles. The van der Waals surface area contributed by atoms with Crippen molar-refractivity contribution in [1.82, 2.24) is 0 Å². The minimum atomic E-state index is -1.46. The van der Waals surface area contributed by atoms with Gasteiger partial charge in [0.25, 0.3) is 0 Å². The fraction of sp³-hybridized carbons (Fsp3) is 0.892. The summed E-state index contributed by atoms with van der Waals surface area (Å²) in [6.45, 7) is 16.6. The number of fused-ring (bicyclic) bond motifs is 2. The van der Waals surface area contributed by atoms with Crippen molar-refractivity contribution in [2.24, 2.45) is 45.3 Å². The molecule has 6 aliphatic rings. The van der Waals surface area contributed by atoms with E-state index in [2.05, 4.69) is 66.7 Å². The van der Waals surface area contributed by atoms with Crippen LogP contribution in [0.5, 0.6) is 0 Å². The average molecular weight is 633 g/mol. The highest BCUT2D eigenvalue weighted by Gasteiger charge is 2.75. The predicted octanol–water partition coefficient (Wildman–Crippen LogP) is 4.77. The van der Waals surface area contributed by atoms with Gasteiger partial charge in [-0.25, -0.2) is 0 Å². The van der Waals surface area contributed by atoms with Gasteiger partial charge in [-0.1, -0.05) is 58.4 Å². The van der Waals surface area contributed by atoms with Crippen LogP contribution in [0, 0.1) is 45.3 Å². The quantitative estimate of drug-likeness (QED) is 0.283. The highest BCUT2D eigenvalue weighted by Crippen LogP contribution is 2.77. The molecule has 1 spiro atoms. The van der Waals surface area contributed by atoms with Crippen molar-refractivity contribution < 1.29 is 39.4 Å². The van der Waals surface area contributed by atoms with Crippen molar-refractivity contribution in [2.45, 2.75) is 142 Å². The first-order chi connectivity index (χ1) is 21.1. The Hall–Kier alpha value is -0.840. The molecule has 0 radical (unpaired) electrons. The van der Waals surface area contributed by atoms with E-state index in [1.807, 2.05) is 7.11 Å². The fourth-order valence-electron chi connectivity index (χ4n) is 11.9. The molecule has 15 atom stereocenters. The number of rotatable bonds is 8. The van der Waals surface area contributed by atoms with E-state index in [9.17, 15) is 20.4 Å². The van der Waals surface area contributed by atoms with Crippen LogP contribution in [0.25, 0.3) is 0 Å². The molecular weight excluding hydrogens is 572 g/mol. The smallest absolute Gasteiger partial charge is 0.186 e. The van der Waals surface area contributed by atoms with Crippen LogP contribution >= 0.6 is 0 Å². The lowest BCUT2D eigenvalue weighted by Crippen LogP contribution is -2.66. The third-order valence-corrected chi connectivity index (χ3v) is 14.6. The van der Waals surface area contributed by atoms with Gasteiger partial charge in [0.1, 0.15) is 24.4 Å². The molecule has 5 fully saturated rings. The maximum absolute atomic E-state index is 10.7. The van der Waals surface area contributed by atoms with Crippen LogP contribution in [0.1, 0.15) is 93.4 Å². The molecule has 4 aliphatic carbocycles. The van der Waals surface area contributed by atoms with Crippen LogP contribution in [0.2, 0.25) is 0 Å². The summed E-state index contributed by atoms with van der Waals surface area (Å²) < 4.78 is 25.2. The molecule has 45 heavy (non-hydrogen) atoms. The van der Waals surface area contributed by atoms with Crippen LogP contribution in [0.4, 0.5) is 0 Å². The second kappa shape index (κ2) is 11.6. The highest BCUT2D eigenvalue weighted by molar-refractivity contribution is 5.33. The number of hydrogen-bond acceptors (Lipinski definition) is 8. The molecule has 2 bridgehead atoms. The molecule has 4 N–H and O–H groups in total. The van der Waals surface area contributed by atoms with E-state index in [4.69, 9.17) is 18.9 Å². The summed E-state index contributed by atoms with van der Waals surface area (Å²) in [5.41, 5.74) is 0.902. The van der Waals surface area contributed by atoms with Crippen molar-refractivity contribution in [2.75, 3.05) is 20.3 Å². The van der Waals surface area contributed by atoms with Crippen molar-refractivity contribution in [1.29, 1.82) is 0 Å². The maximum Gasteiger partial charge on any atom is 0.186 e. The summed E-state index contributed by atoms with van der Waals surface area (Å²) in [6, 6.07) is 0. The Morgan fingerprint density at radius 3 is 2.38 bits per heavy atom. The predicted molar refractivity (Wildman–Crippen MR) is 171 cm³/mol. The second-order valence-corrected chi connectivity index (χ2v) is 17.0. The molecule has 0 unspecified atom stereocenters. The molecule has 2 saturated heterocycles. The van der Waals surface area contributed by atoms with E-state index in [1.54, 1.807) is 0 Å². The van der Waals surface area contributed by atoms with Gasteiger partial charge in [0.05, 0.1) is 31.0 Å². The zero-order chi connectivity index (χ0) is 32.7. The van der Waals surface area contributed by atoms with Crippen LogP contribution in [-0.2, 0) is 18.9 Å². The third-order valence-electron chi connectivity index (χ3n) is 14.6. The largest absolute Gasteiger partial charge is 0.394 e. The van der Waals surface area contributed by atoms with Gasteiger partial charge in [-0.15, -0.1) is 0 Å². The van der Waals surface area contributed by atoms with Crippen LogP contribution in [0.3, 0.4) is 0 Å². The monoisotopic (exact) mass is 632 g/mol. The van der Waals surface area contributed by atoms with Crippen LogP contribution in [-0.4, -0.2) is 89.3 Å². The van der Waals surface area contributed by atoms with E-state index >= 15 is 0 Å².